The van der Waals surface area contributed by atoms with Crippen LogP contribution >= 0.6 is 0 Å². The van der Waals surface area contributed by atoms with Crippen molar-refractivity contribution < 1.29 is 9.90 Å². The van der Waals surface area contributed by atoms with Gasteiger partial charge in [0.15, 0.2) is 0 Å². The molecule has 0 fully saturated rings. The summed E-state index contributed by atoms with van der Waals surface area (Å²) in [6.07, 6.45) is 1.29. The Morgan fingerprint density at radius 1 is 1.31 bits per heavy atom. The summed E-state index contributed by atoms with van der Waals surface area (Å²) in [5.74, 6) is 0. The topological polar surface area (TPSA) is 63.3 Å². The lowest BCUT2D eigenvalue weighted by Gasteiger charge is -2.04. The number of aliphatic hydroxyl groups is 1. The Labute approximate surface area is 77.2 Å². The number of aliphatic hydroxyl groups excluding tert-OH is 1. The molecular formula is C10H13NO2. The number of carbonyl (C=O) groups is 1. The van der Waals surface area contributed by atoms with Gasteiger partial charge in [-0.2, -0.15) is 0 Å². The summed E-state index contributed by atoms with van der Waals surface area (Å²) in [4.78, 5) is 10.3. The summed E-state index contributed by atoms with van der Waals surface area (Å²) in [5, 5.41) is 8.78. The van der Waals surface area contributed by atoms with Gasteiger partial charge in [0.05, 0.1) is 12.6 Å². The molecule has 3 nitrogen and oxygen atoms in total. The Bertz CT molecular complexity index is 269. The fourth-order valence-electron chi connectivity index (χ4n) is 1.10. The number of carbonyl (C=O) groups excluding carboxylic acids is 1. The zero-order chi connectivity index (χ0) is 9.68. The van der Waals surface area contributed by atoms with E-state index in [1.54, 1.807) is 0 Å². The highest BCUT2D eigenvalue weighted by atomic mass is 16.3. The van der Waals surface area contributed by atoms with Gasteiger partial charge in [0.2, 0.25) is 0 Å². The van der Waals surface area contributed by atoms with Gasteiger partial charge < -0.3 is 15.6 Å². The van der Waals surface area contributed by atoms with Crippen LogP contribution < -0.4 is 5.73 Å². The van der Waals surface area contributed by atoms with Crippen LogP contribution in [0.2, 0.25) is 0 Å². The third-order valence-corrected chi connectivity index (χ3v) is 1.85. The zero-order valence-electron chi connectivity index (χ0n) is 7.31. The second kappa shape index (κ2) is 4.74. The molecule has 0 bridgehead atoms. The molecule has 0 aliphatic rings. The van der Waals surface area contributed by atoms with E-state index in [0.29, 0.717) is 6.42 Å². The van der Waals surface area contributed by atoms with Gasteiger partial charge in [-0.1, -0.05) is 24.3 Å². The molecule has 13 heavy (non-hydrogen) atoms. The molecule has 3 N–H and O–H groups in total. The van der Waals surface area contributed by atoms with E-state index in [0.717, 1.165) is 17.4 Å². The van der Waals surface area contributed by atoms with Crippen molar-refractivity contribution in [2.24, 2.45) is 5.73 Å². The largest absolute Gasteiger partial charge is 0.392 e. The highest BCUT2D eigenvalue weighted by Crippen LogP contribution is 2.05. The van der Waals surface area contributed by atoms with Crippen molar-refractivity contribution in [2.75, 3.05) is 0 Å². The summed E-state index contributed by atoms with van der Waals surface area (Å²) in [7, 11) is 0. The van der Waals surface area contributed by atoms with Crippen LogP contribution in [0.5, 0.6) is 0 Å². The standard InChI is InChI=1S/C10H13NO2/c11-10(7-13)5-8-1-3-9(6-12)4-2-8/h1-4,7,10,12H,5-6,11H2. The molecule has 0 saturated carbocycles. The van der Waals surface area contributed by atoms with Gasteiger partial charge in [-0.25, -0.2) is 0 Å². The molecule has 0 heterocycles. The summed E-state index contributed by atoms with van der Waals surface area (Å²) in [6, 6.07) is 6.96. The molecule has 3 heteroatoms. The average Bonchev–Trinajstić information content (AvgIpc) is 2.19. The quantitative estimate of drug-likeness (QED) is 0.651. The van der Waals surface area contributed by atoms with Crippen LogP contribution in [-0.4, -0.2) is 17.4 Å². The first-order valence-corrected chi connectivity index (χ1v) is 4.16. The monoisotopic (exact) mass is 179 g/mol. The summed E-state index contributed by atoms with van der Waals surface area (Å²) < 4.78 is 0. The molecule has 0 aromatic heterocycles. The minimum Gasteiger partial charge on any atom is -0.392 e. The molecule has 0 aliphatic heterocycles. The van der Waals surface area contributed by atoms with Crippen LogP contribution in [0.1, 0.15) is 11.1 Å². The highest BCUT2D eigenvalue weighted by Gasteiger charge is 2.01. The highest BCUT2D eigenvalue weighted by molar-refractivity contribution is 5.57. The number of aldehydes is 1. The van der Waals surface area contributed by atoms with Gasteiger partial charge in [-0.3, -0.25) is 0 Å². The van der Waals surface area contributed by atoms with E-state index in [1.165, 1.54) is 0 Å². The number of benzene rings is 1. The van der Waals surface area contributed by atoms with E-state index in [1.807, 2.05) is 24.3 Å². The van der Waals surface area contributed by atoms with Crippen LogP contribution in [-0.2, 0) is 17.8 Å². The van der Waals surface area contributed by atoms with Crippen molar-refractivity contribution in [3.05, 3.63) is 35.4 Å². The number of rotatable bonds is 4. The van der Waals surface area contributed by atoms with E-state index in [2.05, 4.69) is 0 Å². The number of hydrogen-bond acceptors (Lipinski definition) is 3. The van der Waals surface area contributed by atoms with E-state index >= 15 is 0 Å². The van der Waals surface area contributed by atoms with E-state index in [4.69, 9.17) is 10.8 Å². The van der Waals surface area contributed by atoms with Crippen LogP contribution in [0.15, 0.2) is 24.3 Å². The molecule has 0 spiro atoms. The van der Waals surface area contributed by atoms with Crippen molar-refractivity contribution in [3.63, 3.8) is 0 Å². The fraction of sp³-hybridized carbons (Fsp3) is 0.300. The Morgan fingerprint density at radius 2 is 1.85 bits per heavy atom. The van der Waals surface area contributed by atoms with E-state index in [9.17, 15) is 4.79 Å². The normalized spacial score (nSPS) is 12.5. The molecule has 1 unspecified atom stereocenters. The van der Waals surface area contributed by atoms with Gasteiger partial charge in [0, 0.05) is 0 Å². The molecule has 0 aliphatic carbocycles. The molecule has 1 aromatic carbocycles. The average molecular weight is 179 g/mol. The minimum atomic E-state index is -0.431. The Hall–Kier alpha value is -1.19. The fourth-order valence-corrected chi connectivity index (χ4v) is 1.10. The lowest BCUT2D eigenvalue weighted by Crippen LogP contribution is -2.23. The van der Waals surface area contributed by atoms with Crippen LogP contribution in [0, 0.1) is 0 Å². The van der Waals surface area contributed by atoms with Crippen LogP contribution in [0.4, 0.5) is 0 Å². The van der Waals surface area contributed by atoms with Crippen molar-refractivity contribution >= 4 is 6.29 Å². The van der Waals surface area contributed by atoms with Crippen molar-refractivity contribution in [1.29, 1.82) is 0 Å². The minimum absolute atomic E-state index is 0.0417. The third-order valence-electron chi connectivity index (χ3n) is 1.85. The number of hydrogen-bond donors (Lipinski definition) is 2. The molecule has 70 valence electrons. The van der Waals surface area contributed by atoms with Crippen molar-refractivity contribution in [2.45, 2.75) is 19.1 Å². The maximum Gasteiger partial charge on any atom is 0.137 e. The lowest BCUT2D eigenvalue weighted by atomic mass is 10.1. The molecule has 1 aromatic rings. The van der Waals surface area contributed by atoms with Crippen molar-refractivity contribution in [1.82, 2.24) is 0 Å². The summed E-state index contributed by atoms with van der Waals surface area (Å²) in [5.41, 5.74) is 7.33. The van der Waals surface area contributed by atoms with Crippen molar-refractivity contribution in [3.8, 4) is 0 Å². The second-order valence-corrected chi connectivity index (χ2v) is 2.98. The van der Waals surface area contributed by atoms with E-state index in [-0.39, 0.29) is 6.61 Å². The Morgan fingerprint density at radius 3 is 2.31 bits per heavy atom. The maximum absolute atomic E-state index is 10.3. The predicted molar refractivity (Wildman–Crippen MR) is 50.1 cm³/mol. The molecular weight excluding hydrogens is 166 g/mol. The maximum atomic E-state index is 10.3. The van der Waals surface area contributed by atoms with Crippen LogP contribution in [0.25, 0.3) is 0 Å². The Balaban J connectivity index is 2.63. The van der Waals surface area contributed by atoms with E-state index < -0.39 is 6.04 Å². The number of nitrogens with two attached hydrogens (primary N) is 1. The SMILES string of the molecule is NC(C=O)Cc1ccc(CO)cc1. The predicted octanol–water partition coefficient (Wildman–Crippen LogP) is 0.248. The first-order chi connectivity index (χ1) is 6.26. The smallest absolute Gasteiger partial charge is 0.137 e. The van der Waals surface area contributed by atoms with Crippen LogP contribution in [0.3, 0.4) is 0 Å². The molecule has 0 saturated heterocycles. The molecule has 0 radical (unpaired) electrons. The zero-order valence-corrected chi connectivity index (χ0v) is 7.31. The van der Waals surface area contributed by atoms with Gasteiger partial charge in [0.1, 0.15) is 6.29 Å². The van der Waals surface area contributed by atoms with Gasteiger partial charge in [-0.15, -0.1) is 0 Å². The first-order valence-electron chi connectivity index (χ1n) is 4.16. The summed E-state index contributed by atoms with van der Waals surface area (Å²) >= 11 is 0. The Kier molecular flexibility index (Phi) is 3.61. The van der Waals surface area contributed by atoms with Gasteiger partial charge in [-0.05, 0) is 17.5 Å². The second-order valence-electron chi connectivity index (χ2n) is 2.98. The lowest BCUT2D eigenvalue weighted by molar-refractivity contribution is -0.108. The van der Waals surface area contributed by atoms with Gasteiger partial charge >= 0.3 is 0 Å². The van der Waals surface area contributed by atoms with Gasteiger partial charge in [0.25, 0.3) is 0 Å². The molecule has 0 amide bonds. The first kappa shape index (κ1) is 9.89. The summed E-state index contributed by atoms with van der Waals surface area (Å²) in [6.45, 7) is 0.0417. The molecule has 1 rings (SSSR count). The third kappa shape index (κ3) is 2.97. The molecule has 1 atom stereocenters.